The minimum Gasteiger partial charge on any atom is -0.385 e. The van der Waals surface area contributed by atoms with E-state index in [1.54, 1.807) is 25.4 Å². The SMILES string of the molecule is COCCC1(c2noc(-c3ccc(F)cc3)n2)CCN(C(=O)c2ccc(C)nc2)CC1. The number of piperidine rings is 1. The molecule has 1 fully saturated rings. The smallest absolute Gasteiger partial charge is 0.257 e. The maximum absolute atomic E-state index is 13.2. The molecule has 3 heterocycles. The first-order valence-electron chi connectivity index (χ1n) is 10.3. The van der Waals surface area contributed by atoms with E-state index in [2.05, 4.69) is 15.1 Å². The molecule has 0 atom stereocenters. The lowest BCUT2D eigenvalue weighted by molar-refractivity contribution is 0.0616. The van der Waals surface area contributed by atoms with Crippen LogP contribution in [0, 0.1) is 12.7 Å². The molecule has 1 saturated heterocycles. The molecule has 1 aromatic carbocycles. The number of ether oxygens (including phenoxy) is 1. The van der Waals surface area contributed by atoms with Crippen LogP contribution in [0.1, 0.15) is 41.1 Å². The van der Waals surface area contributed by atoms with E-state index in [-0.39, 0.29) is 17.1 Å². The summed E-state index contributed by atoms with van der Waals surface area (Å²) >= 11 is 0. The third-order valence-electron chi connectivity index (χ3n) is 5.94. The predicted molar refractivity (Wildman–Crippen MR) is 112 cm³/mol. The Bertz CT molecular complexity index is 1030. The number of nitrogens with zero attached hydrogens (tertiary/aromatic N) is 4. The number of benzene rings is 1. The van der Waals surface area contributed by atoms with Gasteiger partial charge in [0.15, 0.2) is 5.82 Å². The summed E-state index contributed by atoms with van der Waals surface area (Å²) in [5.41, 5.74) is 1.79. The molecule has 8 heteroatoms. The van der Waals surface area contributed by atoms with Crippen LogP contribution in [0.5, 0.6) is 0 Å². The summed E-state index contributed by atoms with van der Waals surface area (Å²) < 4.78 is 24.1. The van der Waals surface area contributed by atoms with E-state index in [1.165, 1.54) is 12.1 Å². The summed E-state index contributed by atoms with van der Waals surface area (Å²) in [7, 11) is 1.66. The van der Waals surface area contributed by atoms with Crippen molar-refractivity contribution in [3.8, 4) is 11.5 Å². The van der Waals surface area contributed by atoms with Gasteiger partial charge in [0.05, 0.1) is 5.56 Å². The molecule has 2 aromatic heterocycles. The number of halogens is 1. The van der Waals surface area contributed by atoms with Gasteiger partial charge in [0.25, 0.3) is 11.8 Å². The van der Waals surface area contributed by atoms with Crippen molar-refractivity contribution in [3.63, 3.8) is 0 Å². The molecule has 31 heavy (non-hydrogen) atoms. The highest BCUT2D eigenvalue weighted by atomic mass is 19.1. The molecular formula is C23H25FN4O3. The molecular weight excluding hydrogens is 399 g/mol. The Hall–Kier alpha value is -3.13. The van der Waals surface area contributed by atoms with E-state index in [0.717, 1.165) is 12.1 Å². The number of likely N-dealkylation sites (tertiary alicyclic amines) is 1. The average Bonchev–Trinajstić information content (AvgIpc) is 3.30. The number of aryl methyl sites for hydroxylation is 1. The molecule has 1 aliphatic rings. The molecule has 3 aromatic rings. The molecule has 0 unspecified atom stereocenters. The van der Waals surface area contributed by atoms with Crippen molar-refractivity contribution in [2.24, 2.45) is 0 Å². The average molecular weight is 424 g/mol. The number of hydrogen-bond acceptors (Lipinski definition) is 6. The van der Waals surface area contributed by atoms with Crippen LogP contribution in [0.4, 0.5) is 4.39 Å². The number of amides is 1. The Morgan fingerprint density at radius 3 is 2.58 bits per heavy atom. The van der Waals surface area contributed by atoms with Crippen LogP contribution in [-0.2, 0) is 10.2 Å². The van der Waals surface area contributed by atoms with E-state index in [0.29, 0.717) is 55.4 Å². The van der Waals surface area contributed by atoms with Crippen molar-refractivity contribution in [2.45, 2.75) is 31.6 Å². The summed E-state index contributed by atoms with van der Waals surface area (Å²) in [5, 5.41) is 4.25. The minimum atomic E-state index is -0.347. The van der Waals surface area contributed by atoms with Gasteiger partial charge in [-0.05, 0) is 62.6 Å². The number of pyridine rings is 1. The van der Waals surface area contributed by atoms with Gasteiger partial charge in [0.1, 0.15) is 5.82 Å². The standard InChI is InChI=1S/C23H25FN4O3/c1-16-3-4-18(15-25-16)21(29)28-12-9-23(10-13-28,11-14-30-2)22-26-20(31-27-22)17-5-7-19(24)8-6-17/h3-8,15H,9-14H2,1-2H3. The van der Waals surface area contributed by atoms with Gasteiger partial charge < -0.3 is 14.2 Å². The molecule has 1 amide bonds. The van der Waals surface area contributed by atoms with E-state index < -0.39 is 0 Å². The molecule has 0 saturated carbocycles. The van der Waals surface area contributed by atoms with Gasteiger partial charge >= 0.3 is 0 Å². The molecule has 162 valence electrons. The molecule has 7 nitrogen and oxygen atoms in total. The molecule has 0 N–H and O–H groups in total. The lowest BCUT2D eigenvalue weighted by Gasteiger charge is -2.39. The van der Waals surface area contributed by atoms with Gasteiger partial charge in [0, 0.05) is 49.7 Å². The highest BCUT2D eigenvalue weighted by molar-refractivity contribution is 5.94. The topological polar surface area (TPSA) is 81.4 Å². The van der Waals surface area contributed by atoms with Gasteiger partial charge in [-0.15, -0.1) is 0 Å². The maximum atomic E-state index is 13.2. The molecule has 0 spiro atoms. The van der Waals surface area contributed by atoms with Crippen molar-refractivity contribution in [3.05, 3.63) is 65.5 Å². The summed E-state index contributed by atoms with van der Waals surface area (Å²) in [6.07, 6.45) is 3.74. The maximum Gasteiger partial charge on any atom is 0.257 e. The molecule has 0 aliphatic carbocycles. The van der Waals surface area contributed by atoms with Gasteiger partial charge in [-0.1, -0.05) is 5.16 Å². The molecule has 0 radical (unpaired) electrons. The number of methoxy groups -OCH3 is 1. The summed E-state index contributed by atoms with van der Waals surface area (Å²) in [4.78, 5) is 23.6. The van der Waals surface area contributed by atoms with Crippen molar-refractivity contribution in [1.29, 1.82) is 0 Å². The van der Waals surface area contributed by atoms with Crippen molar-refractivity contribution >= 4 is 5.91 Å². The molecule has 0 bridgehead atoms. The second-order valence-corrected chi connectivity index (χ2v) is 7.93. The summed E-state index contributed by atoms with van der Waals surface area (Å²) in [6.45, 7) is 3.61. The number of carbonyl (C=O) groups is 1. The van der Waals surface area contributed by atoms with E-state index >= 15 is 0 Å². The zero-order chi connectivity index (χ0) is 21.8. The largest absolute Gasteiger partial charge is 0.385 e. The van der Waals surface area contributed by atoms with Crippen LogP contribution in [0.15, 0.2) is 47.1 Å². The van der Waals surface area contributed by atoms with E-state index in [9.17, 15) is 9.18 Å². The van der Waals surface area contributed by atoms with Crippen LogP contribution in [0.25, 0.3) is 11.5 Å². The number of hydrogen-bond donors (Lipinski definition) is 0. The number of rotatable bonds is 6. The Morgan fingerprint density at radius 1 is 1.19 bits per heavy atom. The van der Waals surface area contributed by atoms with Gasteiger partial charge in [-0.3, -0.25) is 9.78 Å². The van der Waals surface area contributed by atoms with Crippen LogP contribution >= 0.6 is 0 Å². The van der Waals surface area contributed by atoms with Crippen LogP contribution in [0.2, 0.25) is 0 Å². The fourth-order valence-corrected chi connectivity index (χ4v) is 3.95. The zero-order valence-electron chi connectivity index (χ0n) is 17.7. The lowest BCUT2D eigenvalue weighted by Crippen LogP contribution is -2.46. The fraction of sp³-hybridized carbons (Fsp3) is 0.391. The molecule has 4 rings (SSSR count). The Balaban J connectivity index is 1.52. The predicted octanol–water partition coefficient (Wildman–Crippen LogP) is 3.79. The van der Waals surface area contributed by atoms with E-state index in [4.69, 9.17) is 9.26 Å². The first-order valence-corrected chi connectivity index (χ1v) is 10.3. The van der Waals surface area contributed by atoms with E-state index in [1.807, 2.05) is 24.0 Å². The summed E-state index contributed by atoms with van der Waals surface area (Å²) in [6, 6.07) is 9.62. The third-order valence-corrected chi connectivity index (χ3v) is 5.94. The number of aromatic nitrogens is 3. The van der Waals surface area contributed by atoms with Gasteiger partial charge in [-0.2, -0.15) is 4.98 Å². The first kappa shape index (κ1) is 21.1. The van der Waals surface area contributed by atoms with Crippen LogP contribution in [-0.4, -0.2) is 52.7 Å². The zero-order valence-corrected chi connectivity index (χ0v) is 17.7. The monoisotopic (exact) mass is 424 g/mol. The van der Waals surface area contributed by atoms with Gasteiger partial charge in [0.2, 0.25) is 0 Å². The van der Waals surface area contributed by atoms with Gasteiger partial charge in [-0.25, -0.2) is 4.39 Å². The Morgan fingerprint density at radius 2 is 1.94 bits per heavy atom. The quantitative estimate of drug-likeness (QED) is 0.599. The normalized spacial score (nSPS) is 15.8. The first-order chi connectivity index (χ1) is 15.0. The van der Waals surface area contributed by atoms with Crippen LogP contribution < -0.4 is 0 Å². The van der Waals surface area contributed by atoms with Crippen molar-refractivity contribution in [1.82, 2.24) is 20.0 Å². The Labute approximate surface area is 180 Å². The Kier molecular flexibility index (Phi) is 6.08. The molecule has 1 aliphatic heterocycles. The minimum absolute atomic E-state index is 0.0204. The fourth-order valence-electron chi connectivity index (χ4n) is 3.95. The number of carbonyl (C=O) groups excluding carboxylic acids is 1. The van der Waals surface area contributed by atoms with Crippen LogP contribution in [0.3, 0.4) is 0 Å². The highest BCUT2D eigenvalue weighted by Crippen LogP contribution is 2.38. The second-order valence-electron chi connectivity index (χ2n) is 7.93. The van der Waals surface area contributed by atoms with Crippen molar-refractivity contribution < 1.29 is 18.4 Å². The highest BCUT2D eigenvalue weighted by Gasteiger charge is 2.41. The summed E-state index contributed by atoms with van der Waals surface area (Å²) in [5.74, 6) is 0.623. The van der Waals surface area contributed by atoms with Crippen molar-refractivity contribution in [2.75, 3.05) is 26.8 Å². The third kappa shape index (κ3) is 4.49. The lowest BCUT2D eigenvalue weighted by atomic mass is 9.75. The second kappa shape index (κ2) is 8.93.